The van der Waals surface area contributed by atoms with Gasteiger partial charge in [0, 0.05) is 14.2 Å². The van der Waals surface area contributed by atoms with Crippen LogP contribution in [0.2, 0.25) is 0 Å². The summed E-state index contributed by atoms with van der Waals surface area (Å²) in [4.78, 5) is 9.89. The van der Waals surface area contributed by atoms with Crippen LogP contribution in [0.15, 0.2) is 36.3 Å². The highest BCUT2D eigenvalue weighted by Gasteiger charge is 2.25. The van der Waals surface area contributed by atoms with Crippen molar-refractivity contribution in [2.24, 2.45) is 0 Å². The van der Waals surface area contributed by atoms with Crippen molar-refractivity contribution in [1.29, 1.82) is 0 Å². The average molecular weight is 255 g/mol. The molecule has 1 amide bonds. The summed E-state index contributed by atoms with van der Waals surface area (Å²) in [6, 6.07) is 8.48. The fraction of sp³-hybridized carbons (Fsp3) is 0.182. The predicted molar refractivity (Wildman–Crippen MR) is 65.4 cm³/mol. The van der Waals surface area contributed by atoms with Crippen LogP contribution in [0.25, 0.3) is 11.1 Å². The lowest BCUT2D eigenvalue weighted by molar-refractivity contribution is -0.108. The first-order valence-corrected chi connectivity index (χ1v) is 6.33. The van der Waals surface area contributed by atoms with Crippen LogP contribution in [0, 0.1) is 0 Å². The number of hydrogen-bond donors (Lipinski definition) is 1. The average Bonchev–Trinajstić information content (AvgIpc) is 2.33. The quantitative estimate of drug-likeness (QED) is 0.658. The van der Waals surface area contributed by atoms with Crippen molar-refractivity contribution in [3.8, 4) is 11.1 Å². The molecule has 0 spiro atoms. The lowest BCUT2D eigenvalue weighted by Gasteiger charge is -2.14. The number of rotatable bonds is 5. The minimum atomic E-state index is -3.33. The zero-order valence-electron chi connectivity index (χ0n) is 9.67. The molecule has 0 radical (unpaired) electrons. The molecule has 0 atom stereocenters. The van der Waals surface area contributed by atoms with Crippen LogP contribution in [0.1, 0.15) is 0 Å². The molecule has 0 fully saturated rings. The Bertz CT molecular complexity index is 426. The topological polar surface area (TPSA) is 64.6 Å². The summed E-state index contributed by atoms with van der Waals surface area (Å²) in [5, 5.41) is 2.10. The third kappa shape index (κ3) is 3.03. The highest BCUT2D eigenvalue weighted by atomic mass is 31.2. The maximum Gasteiger partial charge on any atom is 0.376 e. The van der Waals surface area contributed by atoms with Gasteiger partial charge in [0.05, 0.1) is 0 Å². The van der Waals surface area contributed by atoms with Crippen LogP contribution in [0.4, 0.5) is 0 Å². The number of carbonyl (C=O) groups is 1. The highest BCUT2D eigenvalue weighted by molar-refractivity contribution is 7.58. The molecule has 0 unspecified atom stereocenters. The molecule has 2 rings (SSSR count). The van der Waals surface area contributed by atoms with Gasteiger partial charge in [-0.1, -0.05) is 30.8 Å². The third-order valence-corrected chi connectivity index (χ3v) is 4.01. The third-order valence-electron chi connectivity index (χ3n) is 2.26. The van der Waals surface area contributed by atoms with Gasteiger partial charge < -0.3 is 14.4 Å². The van der Waals surface area contributed by atoms with E-state index < -0.39 is 7.60 Å². The molecular formula is C11H14NO4P. The van der Waals surface area contributed by atoms with Gasteiger partial charge >= 0.3 is 7.60 Å². The molecular weight excluding hydrogens is 241 g/mol. The van der Waals surface area contributed by atoms with Gasteiger partial charge in [0.25, 0.3) is 0 Å². The second kappa shape index (κ2) is 5.77. The fourth-order valence-electron chi connectivity index (χ4n) is 1.10. The maximum absolute atomic E-state index is 11.3. The van der Waals surface area contributed by atoms with Crippen molar-refractivity contribution in [2.45, 2.75) is 0 Å². The van der Waals surface area contributed by atoms with E-state index >= 15 is 0 Å². The number of carbonyl (C=O) groups excluding carboxylic acids is 1. The van der Waals surface area contributed by atoms with Gasteiger partial charge in [0.15, 0.2) is 0 Å². The van der Waals surface area contributed by atoms with Crippen LogP contribution in [-0.4, -0.2) is 20.6 Å². The minimum absolute atomic E-state index is 0.0718. The summed E-state index contributed by atoms with van der Waals surface area (Å²) >= 11 is 0. The molecule has 2 aliphatic carbocycles. The standard InChI is InChI=1S/C6H4.C5H10NO4P/c1-2-6-4-3-5(1)6;1-5(6-4-7)11(8,9-2)10-3/h1-4H;4H,1H2,2-3H3,(H,6,7). The molecule has 0 saturated heterocycles. The summed E-state index contributed by atoms with van der Waals surface area (Å²) in [7, 11) is -0.905. The van der Waals surface area contributed by atoms with Crippen molar-refractivity contribution in [2.75, 3.05) is 14.2 Å². The molecule has 5 nitrogen and oxygen atoms in total. The molecule has 0 aromatic heterocycles. The lowest BCUT2D eigenvalue weighted by atomic mass is 9.95. The molecule has 6 heteroatoms. The van der Waals surface area contributed by atoms with Crippen molar-refractivity contribution < 1.29 is 18.4 Å². The van der Waals surface area contributed by atoms with E-state index in [1.165, 1.54) is 25.3 Å². The Balaban J connectivity index is 0.000000196. The first-order valence-electron chi connectivity index (χ1n) is 4.79. The molecule has 2 aliphatic rings. The SMILES string of the molecule is C=C(NC=O)P(=O)(OC)OC.c1cc2ccc1-2. The van der Waals surface area contributed by atoms with Gasteiger partial charge in [-0.2, -0.15) is 0 Å². The van der Waals surface area contributed by atoms with Crippen LogP contribution >= 0.6 is 7.60 Å². The Labute approximate surface area is 100.0 Å². The second-order valence-electron chi connectivity index (χ2n) is 3.15. The number of fused-ring (bicyclic) bond motifs is 1. The normalized spacial score (nSPS) is 10.9. The fourth-order valence-corrected chi connectivity index (χ4v) is 1.91. The molecule has 92 valence electrons. The van der Waals surface area contributed by atoms with Crippen LogP contribution in [-0.2, 0) is 18.4 Å². The van der Waals surface area contributed by atoms with Crippen molar-refractivity contribution in [3.05, 3.63) is 36.3 Å². The Hall–Kier alpha value is -1.42. The molecule has 0 aromatic rings. The molecule has 0 aromatic carbocycles. The maximum atomic E-state index is 11.3. The summed E-state index contributed by atoms with van der Waals surface area (Å²) in [5.41, 5.74) is 2.78. The van der Waals surface area contributed by atoms with E-state index in [4.69, 9.17) is 0 Å². The number of benzene rings is 1. The molecule has 0 saturated carbocycles. The van der Waals surface area contributed by atoms with E-state index in [1.54, 1.807) is 0 Å². The molecule has 0 bridgehead atoms. The highest BCUT2D eigenvalue weighted by Crippen LogP contribution is 2.52. The first-order chi connectivity index (χ1) is 8.07. The molecule has 0 aliphatic heterocycles. The van der Waals surface area contributed by atoms with Crippen molar-refractivity contribution in [1.82, 2.24) is 5.32 Å². The van der Waals surface area contributed by atoms with Crippen LogP contribution in [0.5, 0.6) is 0 Å². The Kier molecular flexibility index (Phi) is 4.63. The summed E-state index contributed by atoms with van der Waals surface area (Å²) in [5.74, 6) is 0. The van der Waals surface area contributed by atoms with Gasteiger partial charge in [0.1, 0.15) is 5.44 Å². The monoisotopic (exact) mass is 255 g/mol. The first kappa shape index (κ1) is 13.6. The van der Waals surface area contributed by atoms with Crippen LogP contribution in [0.3, 0.4) is 0 Å². The largest absolute Gasteiger partial charge is 0.376 e. The smallest absolute Gasteiger partial charge is 0.322 e. The van der Waals surface area contributed by atoms with Gasteiger partial charge in [-0.3, -0.25) is 9.36 Å². The molecule has 17 heavy (non-hydrogen) atoms. The number of hydrogen-bond acceptors (Lipinski definition) is 4. The number of amides is 1. The minimum Gasteiger partial charge on any atom is -0.322 e. The zero-order chi connectivity index (χ0) is 12.9. The van der Waals surface area contributed by atoms with Crippen LogP contribution < -0.4 is 5.32 Å². The van der Waals surface area contributed by atoms with E-state index in [9.17, 15) is 9.36 Å². The van der Waals surface area contributed by atoms with Gasteiger partial charge in [-0.05, 0) is 11.1 Å². The predicted octanol–water partition coefficient (Wildman–Crippen LogP) is 2.36. The summed E-state index contributed by atoms with van der Waals surface area (Å²) < 4.78 is 20.3. The van der Waals surface area contributed by atoms with E-state index in [0.29, 0.717) is 6.41 Å². The second-order valence-corrected chi connectivity index (χ2v) is 5.41. The van der Waals surface area contributed by atoms with Crippen molar-refractivity contribution >= 4 is 14.0 Å². The van der Waals surface area contributed by atoms with Gasteiger partial charge in [-0.15, -0.1) is 0 Å². The zero-order valence-corrected chi connectivity index (χ0v) is 10.6. The summed E-state index contributed by atoms with van der Waals surface area (Å²) in [6.07, 6.45) is 0.354. The van der Waals surface area contributed by atoms with E-state index in [2.05, 4.69) is 45.2 Å². The van der Waals surface area contributed by atoms with Crippen molar-refractivity contribution in [3.63, 3.8) is 0 Å². The Morgan fingerprint density at radius 2 is 1.65 bits per heavy atom. The van der Waals surface area contributed by atoms with E-state index in [0.717, 1.165) is 0 Å². The van der Waals surface area contributed by atoms with E-state index in [-0.39, 0.29) is 5.44 Å². The van der Waals surface area contributed by atoms with Gasteiger partial charge in [-0.25, -0.2) is 0 Å². The van der Waals surface area contributed by atoms with E-state index in [1.807, 2.05) is 0 Å². The number of nitrogens with one attached hydrogen (secondary N) is 1. The Morgan fingerprint density at radius 3 is 1.82 bits per heavy atom. The lowest BCUT2D eigenvalue weighted by Crippen LogP contribution is -2.10. The molecule has 0 heterocycles. The van der Waals surface area contributed by atoms with Gasteiger partial charge in [0.2, 0.25) is 6.41 Å². The molecule has 1 N–H and O–H groups in total. The summed E-state index contributed by atoms with van der Waals surface area (Å²) in [6.45, 7) is 3.30. The Morgan fingerprint density at radius 1 is 1.24 bits per heavy atom.